The van der Waals surface area contributed by atoms with Crippen LogP contribution in [0.2, 0.25) is 10.0 Å². The molecule has 3 rings (SSSR count). The molecule has 1 aliphatic carbocycles. The fraction of sp³-hybridized carbons (Fsp3) is 0.400. The number of halogens is 5. The van der Waals surface area contributed by atoms with Gasteiger partial charge < -0.3 is 0 Å². The van der Waals surface area contributed by atoms with Gasteiger partial charge in [-0.1, -0.05) is 23.2 Å². The number of fused-ring (bicyclic) bond motifs is 1. The summed E-state index contributed by atoms with van der Waals surface area (Å²) in [4.78, 5) is 0. The van der Waals surface area contributed by atoms with Gasteiger partial charge in [-0.05, 0) is 50.3 Å². The van der Waals surface area contributed by atoms with E-state index in [2.05, 4.69) is 5.10 Å². The highest BCUT2D eigenvalue weighted by Gasteiger charge is 2.32. The lowest BCUT2D eigenvalue weighted by Gasteiger charge is -2.13. The summed E-state index contributed by atoms with van der Waals surface area (Å²) in [7, 11) is 0. The molecule has 0 fully saturated rings. The van der Waals surface area contributed by atoms with E-state index in [1.165, 1.54) is 0 Å². The number of hydrogen-bond acceptors (Lipinski definition) is 1. The van der Waals surface area contributed by atoms with E-state index in [1.807, 2.05) is 6.92 Å². The number of hydrogen-bond donors (Lipinski definition) is 0. The summed E-state index contributed by atoms with van der Waals surface area (Å²) < 4.78 is 40.0. The molecule has 7 heteroatoms. The van der Waals surface area contributed by atoms with Gasteiger partial charge in [0.25, 0.3) is 0 Å². The summed E-state index contributed by atoms with van der Waals surface area (Å²) in [6.07, 6.45) is -0.522. The van der Waals surface area contributed by atoms with Crippen molar-refractivity contribution in [3.63, 3.8) is 0 Å². The zero-order valence-electron chi connectivity index (χ0n) is 11.8. The molecule has 1 aliphatic rings. The average Bonchev–Trinajstić information content (AvgIpc) is 2.75. The second kappa shape index (κ2) is 5.46. The van der Waals surface area contributed by atoms with Gasteiger partial charge >= 0.3 is 6.18 Å². The monoisotopic (exact) mass is 348 g/mol. The molecular weight excluding hydrogens is 336 g/mol. The van der Waals surface area contributed by atoms with Crippen molar-refractivity contribution < 1.29 is 13.2 Å². The Balaban J connectivity index is 2.15. The van der Waals surface area contributed by atoms with Crippen molar-refractivity contribution in [2.45, 2.75) is 38.8 Å². The van der Waals surface area contributed by atoms with Crippen molar-refractivity contribution in [1.82, 2.24) is 9.78 Å². The summed E-state index contributed by atoms with van der Waals surface area (Å²) in [6.45, 7) is 1.89. The Labute approximate surface area is 135 Å². The van der Waals surface area contributed by atoms with Crippen LogP contribution in [-0.2, 0) is 19.0 Å². The Hall–Kier alpha value is -1.20. The molecule has 0 aliphatic heterocycles. The van der Waals surface area contributed by atoms with E-state index in [-0.39, 0.29) is 10.0 Å². The number of alkyl halides is 3. The Kier molecular flexibility index (Phi) is 3.89. The van der Waals surface area contributed by atoms with E-state index in [4.69, 9.17) is 23.2 Å². The van der Waals surface area contributed by atoms with Crippen LogP contribution in [-0.4, -0.2) is 9.78 Å². The summed E-state index contributed by atoms with van der Waals surface area (Å²) in [5.74, 6) is 0. The maximum atomic E-state index is 12.8. The molecule has 2 aromatic rings. The molecule has 0 atom stereocenters. The Morgan fingerprint density at radius 3 is 2.23 bits per heavy atom. The van der Waals surface area contributed by atoms with Gasteiger partial charge in [-0.25, -0.2) is 4.68 Å². The predicted molar refractivity (Wildman–Crippen MR) is 80.0 cm³/mol. The van der Waals surface area contributed by atoms with Gasteiger partial charge in [-0.3, -0.25) is 0 Å². The largest absolute Gasteiger partial charge is 0.416 e. The van der Waals surface area contributed by atoms with Gasteiger partial charge in [0.05, 0.1) is 21.3 Å². The predicted octanol–water partition coefficient (Wildman–Crippen LogP) is 5.39. The number of benzene rings is 1. The van der Waals surface area contributed by atoms with Crippen molar-refractivity contribution in [3.05, 3.63) is 44.7 Å². The molecule has 0 saturated heterocycles. The minimum atomic E-state index is -4.48. The lowest BCUT2D eigenvalue weighted by atomic mass is 9.96. The van der Waals surface area contributed by atoms with E-state index in [9.17, 15) is 13.2 Å². The fourth-order valence-electron chi connectivity index (χ4n) is 2.86. The van der Waals surface area contributed by atoms with Gasteiger partial charge in [0.1, 0.15) is 5.69 Å². The van der Waals surface area contributed by atoms with Gasteiger partial charge in [-0.15, -0.1) is 0 Å². The smallest absolute Gasteiger partial charge is 0.235 e. The van der Waals surface area contributed by atoms with E-state index in [1.54, 1.807) is 4.68 Å². The minimum Gasteiger partial charge on any atom is -0.235 e. The minimum absolute atomic E-state index is 0.0530. The third-order valence-corrected chi connectivity index (χ3v) is 4.55. The van der Waals surface area contributed by atoms with Crippen molar-refractivity contribution >= 4 is 23.2 Å². The third-order valence-electron chi connectivity index (χ3n) is 3.97. The first-order valence-corrected chi connectivity index (χ1v) is 7.68. The highest BCUT2D eigenvalue weighted by atomic mass is 35.5. The van der Waals surface area contributed by atoms with Crippen molar-refractivity contribution in [2.24, 2.45) is 0 Å². The first kappa shape index (κ1) is 15.7. The lowest BCUT2D eigenvalue weighted by Crippen LogP contribution is -2.08. The van der Waals surface area contributed by atoms with E-state index in [0.29, 0.717) is 5.69 Å². The summed E-state index contributed by atoms with van der Waals surface area (Å²) >= 11 is 12.1. The fourth-order valence-corrected chi connectivity index (χ4v) is 3.51. The zero-order valence-corrected chi connectivity index (χ0v) is 13.3. The standard InChI is InChI=1S/C15H13Cl2F3N2/c1-8-10-4-2-3-5-13(10)21-22(8)14-11(16)6-9(7-12(14)17)15(18,19)20/h6-7H,2-5H2,1H3. The van der Waals surface area contributed by atoms with Crippen LogP contribution >= 0.6 is 23.2 Å². The molecule has 0 spiro atoms. The van der Waals surface area contributed by atoms with Crippen LogP contribution in [0.3, 0.4) is 0 Å². The molecule has 118 valence electrons. The summed E-state index contributed by atoms with van der Waals surface area (Å²) in [5, 5.41) is 4.39. The van der Waals surface area contributed by atoms with E-state index < -0.39 is 11.7 Å². The van der Waals surface area contributed by atoms with Gasteiger partial charge in [-0.2, -0.15) is 18.3 Å². The van der Waals surface area contributed by atoms with Crippen LogP contribution in [0, 0.1) is 6.92 Å². The van der Waals surface area contributed by atoms with Crippen LogP contribution in [0.5, 0.6) is 0 Å². The Morgan fingerprint density at radius 2 is 1.68 bits per heavy atom. The van der Waals surface area contributed by atoms with Crippen molar-refractivity contribution in [3.8, 4) is 5.69 Å². The normalized spacial score (nSPS) is 15.0. The van der Waals surface area contributed by atoms with Gasteiger partial charge in [0.15, 0.2) is 0 Å². The highest BCUT2D eigenvalue weighted by molar-refractivity contribution is 6.37. The SMILES string of the molecule is Cc1c2c(nn1-c1c(Cl)cc(C(F)(F)F)cc1Cl)CCCC2. The maximum absolute atomic E-state index is 12.8. The van der Waals surface area contributed by atoms with E-state index >= 15 is 0 Å². The van der Waals surface area contributed by atoms with Gasteiger partial charge in [0, 0.05) is 5.69 Å². The lowest BCUT2D eigenvalue weighted by molar-refractivity contribution is -0.137. The molecule has 0 saturated carbocycles. The number of aryl methyl sites for hydroxylation is 1. The van der Waals surface area contributed by atoms with Crippen molar-refractivity contribution in [1.29, 1.82) is 0 Å². The molecule has 22 heavy (non-hydrogen) atoms. The molecule has 0 unspecified atom stereocenters. The molecule has 0 amide bonds. The number of aromatic nitrogens is 2. The molecule has 1 aromatic heterocycles. The Bertz CT molecular complexity index is 712. The third kappa shape index (κ3) is 2.61. The molecule has 0 N–H and O–H groups in total. The Morgan fingerprint density at radius 1 is 1.09 bits per heavy atom. The summed E-state index contributed by atoms with van der Waals surface area (Å²) in [5.41, 5.74) is 2.47. The second-order valence-electron chi connectivity index (χ2n) is 5.42. The molecule has 0 bridgehead atoms. The van der Waals surface area contributed by atoms with Crippen LogP contribution in [0.25, 0.3) is 5.69 Å². The first-order chi connectivity index (χ1) is 10.3. The quantitative estimate of drug-likeness (QED) is 0.675. The van der Waals surface area contributed by atoms with Crippen LogP contribution in [0.4, 0.5) is 13.2 Å². The van der Waals surface area contributed by atoms with Crippen LogP contribution in [0.1, 0.15) is 35.4 Å². The maximum Gasteiger partial charge on any atom is 0.416 e. The zero-order chi connectivity index (χ0) is 16.1. The van der Waals surface area contributed by atoms with E-state index in [0.717, 1.165) is 54.8 Å². The molecule has 1 aromatic carbocycles. The number of rotatable bonds is 1. The molecule has 0 radical (unpaired) electrons. The van der Waals surface area contributed by atoms with Gasteiger partial charge in [0.2, 0.25) is 0 Å². The topological polar surface area (TPSA) is 17.8 Å². The van der Waals surface area contributed by atoms with Crippen LogP contribution in [0.15, 0.2) is 12.1 Å². The second-order valence-corrected chi connectivity index (χ2v) is 6.23. The van der Waals surface area contributed by atoms with Crippen LogP contribution < -0.4 is 0 Å². The number of nitrogens with zero attached hydrogens (tertiary/aromatic N) is 2. The highest BCUT2D eigenvalue weighted by Crippen LogP contribution is 2.38. The molecular formula is C15H13Cl2F3N2. The average molecular weight is 349 g/mol. The summed E-state index contributed by atoms with van der Waals surface area (Å²) in [6, 6.07) is 1.78. The molecule has 2 nitrogen and oxygen atoms in total. The molecule has 1 heterocycles. The van der Waals surface area contributed by atoms with Crippen molar-refractivity contribution in [2.75, 3.05) is 0 Å². The first-order valence-electron chi connectivity index (χ1n) is 6.93.